The summed E-state index contributed by atoms with van der Waals surface area (Å²) < 4.78 is 14.4. The molecular weight excluding hydrogens is 1410 g/mol. The lowest BCUT2D eigenvalue weighted by molar-refractivity contribution is 0.668. The molecule has 106 heavy (non-hydrogen) atoms. The first-order chi connectivity index (χ1) is 49.5. The minimum Gasteiger partial charge on any atom is -0.456 e. The number of hydrogen-bond acceptors (Lipinski definition) is 4. The molecule has 14 aromatic rings. The molecule has 2 aromatic heterocycles. The molecule has 0 N–H and O–H groups in total. The first-order valence-corrected chi connectivity index (χ1v) is 66.4. The Bertz CT molecular complexity index is 5140. The first kappa shape index (κ1) is 74.7. The SMILES string of the molecule is C[Si](C)(C)c1ccc(-c2cc(-c3ccc([Si](C)(C)C)cc3)cc(N(c3cc([Si](C)(C)C)cc([Si](C)(C)C)c3)c3ccc4c(c3)oc3cc5cc6c(cc5cc34)oc3cc(N(c4cc(-c5ccc([Si](C)(C)C)cc5)cc(-c5ccc([Si](C)(C)C)cc5)c4)c4cc([Si](C)(C)C)cc([Si](C)(C)C)c4)ccc36)c2)cc1. The summed E-state index contributed by atoms with van der Waals surface area (Å²) in [7, 11) is -13.4. The minimum atomic E-state index is -1.81. The van der Waals surface area contributed by atoms with Gasteiger partial charge in [-0.2, -0.15) is 0 Å². The van der Waals surface area contributed by atoms with Crippen LogP contribution in [0.3, 0.4) is 0 Å². The van der Waals surface area contributed by atoms with Crippen LogP contribution in [0.5, 0.6) is 0 Å². The molecule has 0 atom stereocenters. The molecule has 0 saturated carbocycles. The van der Waals surface area contributed by atoms with E-state index in [1.54, 1.807) is 0 Å². The van der Waals surface area contributed by atoms with Crippen molar-refractivity contribution in [1.82, 2.24) is 0 Å². The van der Waals surface area contributed by atoms with Gasteiger partial charge in [-0.25, -0.2) is 0 Å². The maximum atomic E-state index is 7.19. The van der Waals surface area contributed by atoms with Crippen LogP contribution < -0.4 is 51.3 Å². The highest BCUT2D eigenvalue weighted by molar-refractivity contribution is 6.93. The van der Waals surface area contributed by atoms with Crippen molar-refractivity contribution < 1.29 is 8.83 Å². The smallest absolute Gasteiger partial charge is 0.137 e. The molecule has 12 heteroatoms. The highest BCUT2D eigenvalue weighted by Gasteiger charge is 2.31. The molecule has 12 aromatic carbocycles. The lowest BCUT2D eigenvalue weighted by atomic mass is 9.97. The van der Waals surface area contributed by atoms with E-state index in [9.17, 15) is 0 Å². The molecule has 0 aliphatic rings. The lowest BCUT2D eigenvalue weighted by Gasteiger charge is -2.31. The maximum Gasteiger partial charge on any atom is 0.137 e. The van der Waals surface area contributed by atoms with Crippen LogP contribution in [0.1, 0.15) is 0 Å². The third-order valence-corrected chi connectivity index (χ3v) is 38.4. The van der Waals surface area contributed by atoms with Crippen molar-refractivity contribution in [2.24, 2.45) is 0 Å². The second kappa shape index (κ2) is 26.9. The summed E-state index contributed by atoms with van der Waals surface area (Å²) in [5.74, 6) is 0. The molecule has 540 valence electrons. The molecule has 0 aliphatic heterocycles. The van der Waals surface area contributed by atoms with Crippen LogP contribution in [-0.2, 0) is 0 Å². The van der Waals surface area contributed by atoms with Gasteiger partial charge in [-0.1, -0.05) is 308 Å². The first-order valence-electron chi connectivity index (χ1n) is 38.4. The monoisotopic (exact) mass is 1520 g/mol. The molecule has 0 unspecified atom stereocenters. The second-order valence-corrected chi connectivity index (χ2v) is 79.3. The van der Waals surface area contributed by atoms with Crippen LogP contribution in [0.25, 0.3) is 99.2 Å². The summed E-state index contributed by atoms with van der Waals surface area (Å²) >= 11 is 0. The quantitative estimate of drug-likeness (QED) is 0.0802. The Morgan fingerprint density at radius 1 is 0.170 bits per heavy atom. The molecular formula is C94H110N2O2Si8. The second-order valence-electron chi connectivity index (χ2n) is 38.7. The van der Waals surface area contributed by atoms with E-state index in [1.165, 1.54) is 97.4 Å². The number of anilines is 6. The van der Waals surface area contributed by atoms with Crippen LogP contribution in [0, 0.1) is 0 Å². The number of furan rings is 2. The Kier molecular flexibility index (Phi) is 19.0. The van der Waals surface area contributed by atoms with Gasteiger partial charge in [-0.3, -0.25) is 0 Å². The molecule has 4 nitrogen and oxygen atoms in total. The number of hydrogen-bond donors (Lipinski definition) is 0. The van der Waals surface area contributed by atoms with E-state index in [0.717, 1.165) is 77.4 Å². The Labute approximate surface area is 640 Å². The van der Waals surface area contributed by atoms with Gasteiger partial charge in [0.05, 0.1) is 64.6 Å². The van der Waals surface area contributed by atoms with E-state index in [2.05, 4.69) is 397 Å². The number of fused-ring (bicyclic) bond motifs is 7. The van der Waals surface area contributed by atoms with Crippen molar-refractivity contribution in [2.45, 2.75) is 157 Å². The van der Waals surface area contributed by atoms with Gasteiger partial charge in [0.2, 0.25) is 0 Å². The van der Waals surface area contributed by atoms with Crippen LogP contribution in [0.2, 0.25) is 157 Å². The Morgan fingerprint density at radius 3 is 0.632 bits per heavy atom. The molecule has 2 heterocycles. The van der Waals surface area contributed by atoms with Crippen molar-refractivity contribution in [1.29, 1.82) is 0 Å². The maximum absolute atomic E-state index is 7.19. The van der Waals surface area contributed by atoms with Crippen molar-refractivity contribution in [3.05, 3.63) is 231 Å². The number of benzene rings is 12. The average Bonchev–Trinajstić information content (AvgIpc) is 1.54. The van der Waals surface area contributed by atoms with E-state index in [-0.39, 0.29) is 0 Å². The molecule has 0 spiro atoms. The summed E-state index contributed by atoms with van der Waals surface area (Å²) in [4.78, 5) is 5.07. The summed E-state index contributed by atoms with van der Waals surface area (Å²) in [6, 6.07) is 90.6. The summed E-state index contributed by atoms with van der Waals surface area (Å²) in [5, 5.41) is 18.3. The zero-order valence-corrected chi connectivity index (χ0v) is 75.7. The van der Waals surface area contributed by atoms with Crippen LogP contribution in [0.15, 0.2) is 239 Å². The third kappa shape index (κ3) is 15.2. The lowest BCUT2D eigenvalue weighted by Crippen LogP contribution is -2.45. The van der Waals surface area contributed by atoms with Gasteiger partial charge >= 0.3 is 0 Å². The fourth-order valence-electron chi connectivity index (χ4n) is 15.0. The summed E-state index contributed by atoms with van der Waals surface area (Å²) in [6.45, 7) is 59.1. The fourth-order valence-corrected chi connectivity index (χ4v) is 24.6. The van der Waals surface area contributed by atoms with Gasteiger partial charge in [-0.15, -0.1) is 0 Å². The third-order valence-electron chi connectivity index (χ3n) is 22.0. The zero-order valence-electron chi connectivity index (χ0n) is 67.7. The van der Waals surface area contributed by atoms with Crippen LogP contribution in [-0.4, -0.2) is 64.6 Å². The summed E-state index contributed by atoms with van der Waals surface area (Å²) in [5.41, 5.74) is 19.9. The molecule has 0 saturated heterocycles. The highest BCUT2D eigenvalue weighted by Crippen LogP contribution is 2.46. The predicted octanol–water partition coefficient (Wildman–Crippen LogP) is 24.6. The van der Waals surface area contributed by atoms with E-state index < -0.39 is 64.6 Å². The van der Waals surface area contributed by atoms with Gasteiger partial charge in [0.15, 0.2) is 0 Å². The largest absolute Gasteiger partial charge is 0.456 e. The summed E-state index contributed by atoms with van der Waals surface area (Å²) in [6.07, 6.45) is 0. The Hall–Kier alpha value is -8.16. The standard InChI is InChI=1S/C94H110N2O2Si8/c1-99(2,3)79-35-25-63(26-36-79)67-45-68(64-27-37-80(38-28-64)100(4,5)6)48-75(47-67)95(77-55-83(103(13,14)15)61-84(56-77)104(16,17)18)73-33-43-87-89-51-71-54-92-90(52-72(71)53-91(89)97-93(87)59-73)88-44-34-74(60-94(88)98-92)96(78-57-85(105(19,20)21)62-86(58-78)106(22,23)24)76-49-69(65-29-39-81(40-30-65)101(7,8)9)46-70(50-76)66-31-41-82(42-32-66)102(10,11)12/h25-62H,1-24H3. The normalized spacial score (nSPS) is 13.1. The van der Waals surface area contributed by atoms with Gasteiger partial charge in [0.1, 0.15) is 22.3 Å². The van der Waals surface area contributed by atoms with Gasteiger partial charge in [0.25, 0.3) is 0 Å². The number of rotatable bonds is 18. The average molecular weight is 1520 g/mol. The predicted molar refractivity (Wildman–Crippen MR) is 493 cm³/mol. The molecule has 0 aliphatic carbocycles. The van der Waals surface area contributed by atoms with E-state index >= 15 is 0 Å². The topological polar surface area (TPSA) is 32.8 Å². The van der Waals surface area contributed by atoms with Gasteiger partial charge < -0.3 is 18.6 Å². The molecule has 0 radical (unpaired) electrons. The van der Waals surface area contributed by atoms with Crippen molar-refractivity contribution in [3.8, 4) is 44.5 Å². The van der Waals surface area contributed by atoms with E-state index in [0.29, 0.717) is 0 Å². The minimum absolute atomic E-state index is 0.857. The van der Waals surface area contributed by atoms with Crippen molar-refractivity contribution in [3.63, 3.8) is 0 Å². The van der Waals surface area contributed by atoms with Crippen molar-refractivity contribution >= 4 is 195 Å². The van der Waals surface area contributed by atoms with Crippen LogP contribution >= 0.6 is 0 Å². The molecule has 0 amide bonds. The zero-order chi connectivity index (χ0) is 75.9. The van der Waals surface area contributed by atoms with E-state index in [4.69, 9.17) is 8.83 Å². The fraction of sp³-hybridized carbons (Fsp3) is 0.255. The van der Waals surface area contributed by atoms with Crippen LogP contribution in [0.4, 0.5) is 34.1 Å². The van der Waals surface area contributed by atoms with Gasteiger partial charge in [0, 0.05) is 67.8 Å². The Morgan fingerprint density at radius 2 is 0.396 bits per heavy atom. The molecule has 0 bridgehead atoms. The molecule has 14 rings (SSSR count). The van der Waals surface area contributed by atoms with Crippen molar-refractivity contribution in [2.75, 3.05) is 9.80 Å². The van der Waals surface area contributed by atoms with E-state index in [1.807, 2.05) is 0 Å². The molecule has 0 fully saturated rings. The Balaban J connectivity index is 0.917. The number of nitrogens with zero attached hydrogens (tertiary/aromatic N) is 2. The highest BCUT2D eigenvalue weighted by atomic mass is 28.3. The van der Waals surface area contributed by atoms with Gasteiger partial charge in [-0.05, 0) is 164 Å².